The fourth-order valence-electron chi connectivity index (χ4n) is 2.63. The van der Waals surface area contributed by atoms with E-state index in [2.05, 4.69) is 0 Å². The van der Waals surface area contributed by atoms with Crippen molar-refractivity contribution < 1.29 is 27.1 Å². The molecule has 1 aliphatic heterocycles. The first-order chi connectivity index (χ1) is 10.6. The number of rotatable bonds is 1. The topological polar surface area (TPSA) is 29.5 Å². The van der Waals surface area contributed by atoms with Crippen molar-refractivity contribution >= 4 is 6.09 Å². The van der Waals surface area contributed by atoms with Crippen LogP contribution >= 0.6 is 0 Å². The first kappa shape index (κ1) is 17.6. The molecule has 0 atom stereocenters. The van der Waals surface area contributed by atoms with Crippen molar-refractivity contribution in [3.8, 4) is 0 Å². The van der Waals surface area contributed by atoms with Crippen LogP contribution in [0.5, 0.6) is 0 Å². The van der Waals surface area contributed by atoms with E-state index in [1.54, 1.807) is 20.8 Å². The van der Waals surface area contributed by atoms with Crippen molar-refractivity contribution in [3.63, 3.8) is 0 Å². The number of halogens is 4. The molecule has 0 aromatic heterocycles. The standard InChI is InChI=1S/C16H19F4NO2/c1-16(2,3)23-15(22)21-6-4-9(5-7-21)12-13(19)10(17)8-11(18)14(12)20/h8-9H,4-7H2,1-3H3. The maximum Gasteiger partial charge on any atom is 0.410 e. The molecule has 1 aromatic carbocycles. The number of piperidine rings is 1. The first-order valence-electron chi connectivity index (χ1n) is 7.41. The number of carbonyl (C=O) groups is 1. The molecule has 3 nitrogen and oxygen atoms in total. The Morgan fingerprint density at radius 1 is 1.09 bits per heavy atom. The summed E-state index contributed by atoms with van der Waals surface area (Å²) >= 11 is 0. The maximum atomic E-state index is 13.8. The molecule has 0 N–H and O–H groups in total. The van der Waals surface area contributed by atoms with Gasteiger partial charge in [0.25, 0.3) is 0 Å². The molecular weight excluding hydrogens is 314 g/mol. The van der Waals surface area contributed by atoms with E-state index in [1.165, 1.54) is 4.90 Å². The Hall–Kier alpha value is -1.79. The zero-order chi connectivity index (χ0) is 17.4. The Bertz CT molecular complexity index is 579. The van der Waals surface area contributed by atoms with Crippen LogP contribution < -0.4 is 0 Å². The molecule has 1 aromatic rings. The SMILES string of the molecule is CC(C)(C)OC(=O)N1CCC(c2c(F)c(F)cc(F)c2F)CC1. The number of likely N-dealkylation sites (tertiary alicyclic amines) is 1. The van der Waals surface area contributed by atoms with Gasteiger partial charge in [-0.05, 0) is 39.5 Å². The van der Waals surface area contributed by atoms with Gasteiger partial charge in [0, 0.05) is 24.7 Å². The number of hydrogen-bond acceptors (Lipinski definition) is 2. The largest absolute Gasteiger partial charge is 0.444 e. The summed E-state index contributed by atoms with van der Waals surface area (Å²) < 4.78 is 59.5. The van der Waals surface area contributed by atoms with Gasteiger partial charge in [-0.3, -0.25) is 0 Å². The Kier molecular flexibility index (Phi) is 4.87. The zero-order valence-corrected chi connectivity index (χ0v) is 13.3. The molecule has 1 heterocycles. The normalized spacial score (nSPS) is 16.6. The second kappa shape index (κ2) is 6.37. The van der Waals surface area contributed by atoms with E-state index < -0.39 is 46.4 Å². The summed E-state index contributed by atoms with van der Waals surface area (Å²) in [4.78, 5) is 13.4. The van der Waals surface area contributed by atoms with Crippen LogP contribution in [0.3, 0.4) is 0 Å². The second-order valence-corrected chi connectivity index (χ2v) is 6.62. The predicted molar refractivity (Wildman–Crippen MR) is 76.1 cm³/mol. The van der Waals surface area contributed by atoms with Crippen LogP contribution in [-0.2, 0) is 4.74 Å². The Morgan fingerprint density at radius 2 is 1.57 bits per heavy atom. The molecule has 0 aliphatic carbocycles. The van der Waals surface area contributed by atoms with Crippen LogP contribution in [0, 0.1) is 23.3 Å². The van der Waals surface area contributed by atoms with Gasteiger partial charge in [0.05, 0.1) is 0 Å². The third-order valence-corrected chi connectivity index (χ3v) is 3.70. The van der Waals surface area contributed by atoms with Gasteiger partial charge in [0.2, 0.25) is 0 Å². The van der Waals surface area contributed by atoms with Crippen LogP contribution in [0.15, 0.2) is 6.07 Å². The predicted octanol–water partition coefficient (Wildman–Crippen LogP) is 4.36. The van der Waals surface area contributed by atoms with Gasteiger partial charge in [0.1, 0.15) is 5.60 Å². The van der Waals surface area contributed by atoms with E-state index in [0.717, 1.165) is 0 Å². The molecule has 1 saturated heterocycles. The molecular formula is C16H19F4NO2. The molecule has 1 aliphatic rings. The quantitative estimate of drug-likeness (QED) is 0.565. The summed E-state index contributed by atoms with van der Waals surface area (Å²) in [5, 5.41) is 0. The Morgan fingerprint density at radius 3 is 2.00 bits per heavy atom. The zero-order valence-electron chi connectivity index (χ0n) is 13.3. The number of carbonyl (C=O) groups excluding carboxylic acids is 1. The highest BCUT2D eigenvalue weighted by Gasteiger charge is 2.32. The first-order valence-corrected chi connectivity index (χ1v) is 7.41. The molecule has 0 unspecified atom stereocenters. The van der Waals surface area contributed by atoms with Crippen LogP contribution in [0.4, 0.5) is 22.4 Å². The summed E-state index contributed by atoms with van der Waals surface area (Å²) in [6, 6.07) is 0.198. The van der Waals surface area contributed by atoms with E-state index >= 15 is 0 Å². The highest BCUT2D eigenvalue weighted by molar-refractivity contribution is 5.68. The molecule has 1 fully saturated rings. The van der Waals surface area contributed by atoms with Gasteiger partial charge >= 0.3 is 6.09 Å². The van der Waals surface area contributed by atoms with Crippen molar-refractivity contribution in [1.29, 1.82) is 0 Å². The van der Waals surface area contributed by atoms with E-state index in [1.807, 2.05) is 0 Å². The lowest BCUT2D eigenvalue weighted by Crippen LogP contribution is -2.41. The van der Waals surface area contributed by atoms with Crippen LogP contribution in [0.1, 0.15) is 45.1 Å². The van der Waals surface area contributed by atoms with Gasteiger partial charge in [0.15, 0.2) is 23.3 Å². The van der Waals surface area contributed by atoms with Gasteiger partial charge < -0.3 is 9.64 Å². The van der Waals surface area contributed by atoms with Gasteiger partial charge in [-0.15, -0.1) is 0 Å². The average molecular weight is 333 g/mol. The minimum absolute atomic E-state index is 0.198. The van der Waals surface area contributed by atoms with Crippen LogP contribution in [0.2, 0.25) is 0 Å². The monoisotopic (exact) mass is 333 g/mol. The smallest absolute Gasteiger partial charge is 0.410 e. The Balaban J connectivity index is 2.10. The maximum absolute atomic E-state index is 13.8. The van der Waals surface area contributed by atoms with Crippen molar-refractivity contribution in [2.75, 3.05) is 13.1 Å². The molecule has 0 bridgehead atoms. The second-order valence-electron chi connectivity index (χ2n) is 6.62. The number of ether oxygens (including phenoxy) is 1. The molecule has 23 heavy (non-hydrogen) atoms. The fraction of sp³-hybridized carbons (Fsp3) is 0.562. The minimum Gasteiger partial charge on any atom is -0.444 e. The minimum atomic E-state index is -1.41. The van der Waals surface area contributed by atoms with Gasteiger partial charge in [-0.25, -0.2) is 22.4 Å². The van der Waals surface area contributed by atoms with Gasteiger partial charge in [-0.1, -0.05) is 0 Å². The lowest BCUT2D eigenvalue weighted by molar-refractivity contribution is 0.0203. The third-order valence-electron chi connectivity index (χ3n) is 3.70. The number of hydrogen-bond donors (Lipinski definition) is 0. The summed E-state index contributed by atoms with van der Waals surface area (Å²) in [5.74, 6) is -6.22. The van der Waals surface area contributed by atoms with Crippen LogP contribution in [0.25, 0.3) is 0 Å². The summed E-state index contributed by atoms with van der Waals surface area (Å²) in [6.07, 6.45) is -0.103. The van der Waals surface area contributed by atoms with Crippen LogP contribution in [-0.4, -0.2) is 29.7 Å². The molecule has 0 radical (unpaired) electrons. The molecule has 7 heteroatoms. The molecule has 2 rings (SSSR count). The summed E-state index contributed by atoms with van der Waals surface area (Å²) in [7, 11) is 0. The number of benzene rings is 1. The molecule has 0 spiro atoms. The third kappa shape index (κ3) is 3.95. The van der Waals surface area contributed by atoms with Crippen molar-refractivity contribution in [2.24, 2.45) is 0 Å². The van der Waals surface area contributed by atoms with E-state index in [9.17, 15) is 22.4 Å². The highest BCUT2D eigenvalue weighted by atomic mass is 19.2. The summed E-state index contributed by atoms with van der Waals surface area (Å²) in [6.45, 7) is 5.61. The molecule has 1 amide bonds. The van der Waals surface area contributed by atoms with E-state index in [-0.39, 0.29) is 32.0 Å². The van der Waals surface area contributed by atoms with Gasteiger partial charge in [-0.2, -0.15) is 0 Å². The lowest BCUT2D eigenvalue weighted by Gasteiger charge is -2.33. The highest BCUT2D eigenvalue weighted by Crippen LogP contribution is 2.34. The van der Waals surface area contributed by atoms with Crippen molar-refractivity contribution in [1.82, 2.24) is 4.90 Å². The molecule has 128 valence electrons. The Labute approximate surface area is 132 Å². The van der Waals surface area contributed by atoms with E-state index in [4.69, 9.17) is 4.74 Å². The van der Waals surface area contributed by atoms with E-state index in [0.29, 0.717) is 0 Å². The number of amides is 1. The summed E-state index contributed by atoms with van der Waals surface area (Å²) in [5.41, 5.74) is -1.22. The average Bonchev–Trinajstić information content (AvgIpc) is 2.44. The fourth-order valence-corrected chi connectivity index (χ4v) is 2.63. The molecule has 0 saturated carbocycles. The van der Waals surface area contributed by atoms with Crippen molar-refractivity contribution in [3.05, 3.63) is 34.9 Å². The van der Waals surface area contributed by atoms with Crippen molar-refractivity contribution in [2.45, 2.75) is 45.1 Å². The number of nitrogens with zero attached hydrogens (tertiary/aromatic N) is 1. The lowest BCUT2D eigenvalue weighted by atomic mass is 9.88.